The van der Waals surface area contributed by atoms with Crippen molar-refractivity contribution in [2.24, 2.45) is 0 Å². The zero-order valence-corrected chi connectivity index (χ0v) is 18.7. The number of halogens is 2. The van der Waals surface area contributed by atoms with E-state index in [4.69, 9.17) is 4.74 Å². The van der Waals surface area contributed by atoms with Crippen LogP contribution in [0.2, 0.25) is 0 Å². The number of nitrogens with one attached hydrogen (secondary N) is 1. The van der Waals surface area contributed by atoms with E-state index in [1.807, 2.05) is 0 Å². The lowest BCUT2D eigenvalue weighted by molar-refractivity contribution is -0.134. The number of imide groups is 1. The van der Waals surface area contributed by atoms with E-state index in [0.29, 0.717) is 56.6 Å². The van der Waals surface area contributed by atoms with Gasteiger partial charge in [0.05, 0.1) is 0 Å². The highest BCUT2D eigenvalue weighted by molar-refractivity contribution is 6.02. The first-order valence-electron chi connectivity index (χ1n) is 11.1. The molecule has 7 nitrogen and oxygen atoms in total. The second kappa shape index (κ2) is 8.33. The van der Waals surface area contributed by atoms with Gasteiger partial charge in [0.1, 0.15) is 23.3 Å². The third-order valence-electron chi connectivity index (χ3n) is 6.38. The van der Waals surface area contributed by atoms with Gasteiger partial charge in [-0.3, -0.25) is 14.9 Å². The maximum Gasteiger partial charge on any atom is 0.410 e. The number of carbonyl (C=O) groups is 3. The lowest BCUT2D eigenvalue weighted by atomic mass is 9.87. The Kier molecular flexibility index (Phi) is 5.85. The molecule has 32 heavy (non-hydrogen) atoms. The number of nitrogens with zero attached hydrogens (tertiary/aromatic N) is 2. The van der Waals surface area contributed by atoms with Crippen LogP contribution in [0.5, 0.6) is 0 Å². The second-order valence-electron chi connectivity index (χ2n) is 9.74. The molecule has 1 aromatic carbocycles. The molecule has 3 amide bonds. The van der Waals surface area contributed by atoms with Crippen molar-refractivity contribution in [3.63, 3.8) is 0 Å². The highest BCUT2D eigenvalue weighted by Gasteiger charge is 2.38. The van der Waals surface area contributed by atoms with Crippen molar-refractivity contribution in [3.05, 3.63) is 28.8 Å². The number of amides is 3. The molecule has 2 fully saturated rings. The van der Waals surface area contributed by atoms with Crippen LogP contribution >= 0.6 is 0 Å². The van der Waals surface area contributed by atoms with Gasteiger partial charge in [-0.05, 0) is 58.4 Å². The topological polar surface area (TPSA) is 79.0 Å². The van der Waals surface area contributed by atoms with E-state index >= 15 is 8.78 Å². The molecule has 0 aliphatic carbocycles. The molecule has 1 N–H and O–H groups in total. The van der Waals surface area contributed by atoms with E-state index in [-0.39, 0.29) is 23.8 Å². The van der Waals surface area contributed by atoms with E-state index in [9.17, 15) is 14.4 Å². The van der Waals surface area contributed by atoms with Crippen LogP contribution in [-0.4, -0.2) is 54.1 Å². The number of anilines is 1. The zero-order chi connectivity index (χ0) is 23.2. The summed E-state index contributed by atoms with van der Waals surface area (Å²) >= 11 is 0. The number of hydrogen-bond donors (Lipinski definition) is 1. The Balaban J connectivity index is 1.50. The molecule has 0 bridgehead atoms. The predicted molar refractivity (Wildman–Crippen MR) is 113 cm³/mol. The van der Waals surface area contributed by atoms with Crippen molar-refractivity contribution in [2.75, 3.05) is 24.5 Å². The fraction of sp³-hybridized carbons (Fsp3) is 0.609. The highest BCUT2D eigenvalue weighted by Crippen LogP contribution is 2.40. The first kappa shape index (κ1) is 22.5. The second-order valence-corrected chi connectivity index (χ2v) is 9.74. The molecule has 3 aliphatic rings. The quantitative estimate of drug-likeness (QED) is 0.702. The van der Waals surface area contributed by atoms with Crippen LogP contribution in [0.4, 0.5) is 19.3 Å². The summed E-state index contributed by atoms with van der Waals surface area (Å²) in [7, 11) is 0. The molecule has 3 aliphatic heterocycles. The molecule has 174 valence electrons. The van der Waals surface area contributed by atoms with Gasteiger partial charge in [-0.25, -0.2) is 13.6 Å². The summed E-state index contributed by atoms with van der Waals surface area (Å²) in [6.07, 6.45) is 1.40. The van der Waals surface area contributed by atoms with E-state index in [2.05, 4.69) is 5.32 Å². The molecule has 4 rings (SSSR count). The number of hydrogen-bond acceptors (Lipinski definition) is 5. The number of carbonyl (C=O) groups excluding carboxylic acids is 3. The highest BCUT2D eigenvalue weighted by atomic mass is 19.1. The lowest BCUT2D eigenvalue weighted by Gasteiger charge is -2.34. The minimum Gasteiger partial charge on any atom is -0.444 e. The fourth-order valence-electron chi connectivity index (χ4n) is 4.87. The summed E-state index contributed by atoms with van der Waals surface area (Å²) in [5, 5.41) is 2.31. The molecule has 0 aromatic heterocycles. The molecule has 1 atom stereocenters. The Bertz CT molecular complexity index is 952. The molecule has 2 saturated heterocycles. The van der Waals surface area contributed by atoms with Gasteiger partial charge in [0, 0.05) is 42.9 Å². The van der Waals surface area contributed by atoms with Crippen LogP contribution in [-0.2, 0) is 20.7 Å². The Morgan fingerprint density at radius 3 is 2.41 bits per heavy atom. The van der Waals surface area contributed by atoms with Crippen LogP contribution in [0.25, 0.3) is 0 Å². The molecule has 9 heteroatoms. The van der Waals surface area contributed by atoms with Gasteiger partial charge in [-0.2, -0.15) is 0 Å². The Labute approximate surface area is 186 Å². The van der Waals surface area contributed by atoms with Crippen molar-refractivity contribution >= 4 is 23.6 Å². The molecular weight excluding hydrogens is 420 g/mol. The average Bonchev–Trinajstić information content (AvgIpc) is 3.11. The van der Waals surface area contributed by atoms with Crippen molar-refractivity contribution in [3.8, 4) is 0 Å². The van der Waals surface area contributed by atoms with Crippen molar-refractivity contribution < 1.29 is 27.9 Å². The maximum absolute atomic E-state index is 15.5. The number of fused-ring (bicyclic) bond motifs is 1. The predicted octanol–water partition coefficient (Wildman–Crippen LogP) is 3.25. The van der Waals surface area contributed by atoms with Gasteiger partial charge in [-0.15, -0.1) is 0 Å². The fourth-order valence-corrected chi connectivity index (χ4v) is 4.87. The number of ether oxygens (including phenoxy) is 1. The number of piperidine rings is 2. The van der Waals surface area contributed by atoms with Crippen LogP contribution in [0.3, 0.4) is 0 Å². The van der Waals surface area contributed by atoms with Gasteiger partial charge in [0.2, 0.25) is 11.8 Å². The minimum atomic E-state index is -0.629. The lowest BCUT2D eigenvalue weighted by Crippen LogP contribution is -2.52. The summed E-state index contributed by atoms with van der Waals surface area (Å²) in [5.74, 6) is -2.25. The average molecular weight is 449 g/mol. The van der Waals surface area contributed by atoms with Crippen LogP contribution in [0, 0.1) is 11.6 Å². The largest absolute Gasteiger partial charge is 0.444 e. The van der Waals surface area contributed by atoms with Crippen LogP contribution in [0.1, 0.15) is 63.5 Å². The normalized spacial score (nSPS) is 22.1. The SMILES string of the molecule is CC(C)(C)OC(=O)N1CCC(c2c(F)cc3c(c2F)CCN3[C@@H]2CCC(=O)NC2=O)CC1. The standard InChI is InChI=1S/C23H29F2N3O4/c1-23(2,3)32-22(31)27-9-6-13(7-10-27)19-15(24)12-17-14(20(19)25)8-11-28(17)16-4-5-18(29)26-21(16)30/h12-13,16H,4-11H2,1-3H3,(H,26,29,30)/t16-/m1/s1. The molecule has 0 radical (unpaired) electrons. The van der Waals surface area contributed by atoms with E-state index in [0.717, 1.165) is 0 Å². The van der Waals surface area contributed by atoms with E-state index in [1.165, 1.54) is 6.07 Å². The van der Waals surface area contributed by atoms with Gasteiger partial charge < -0.3 is 14.5 Å². The third kappa shape index (κ3) is 4.29. The van der Waals surface area contributed by atoms with E-state index < -0.39 is 35.3 Å². The smallest absolute Gasteiger partial charge is 0.410 e. The molecule has 0 spiro atoms. The molecular formula is C23H29F2N3O4. The van der Waals surface area contributed by atoms with Crippen molar-refractivity contribution in [2.45, 2.75) is 70.4 Å². The minimum absolute atomic E-state index is 0.0673. The number of likely N-dealkylation sites (tertiary alicyclic amines) is 1. The van der Waals surface area contributed by atoms with Crippen molar-refractivity contribution in [1.29, 1.82) is 0 Å². The van der Waals surface area contributed by atoms with Gasteiger partial charge >= 0.3 is 6.09 Å². The first-order chi connectivity index (χ1) is 15.0. The molecule has 3 heterocycles. The monoisotopic (exact) mass is 449 g/mol. The molecule has 0 unspecified atom stereocenters. The summed E-state index contributed by atoms with van der Waals surface area (Å²) in [5.41, 5.74) is 0.281. The number of benzene rings is 1. The van der Waals surface area contributed by atoms with Gasteiger partial charge in [0.25, 0.3) is 0 Å². The van der Waals surface area contributed by atoms with Crippen LogP contribution < -0.4 is 10.2 Å². The first-order valence-corrected chi connectivity index (χ1v) is 11.1. The number of rotatable bonds is 2. The van der Waals surface area contributed by atoms with E-state index in [1.54, 1.807) is 30.6 Å². The summed E-state index contributed by atoms with van der Waals surface area (Å²) in [6, 6.07) is 0.723. The molecule has 0 saturated carbocycles. The van der Waals surface area contributed by atoms with Crippen LogP contribution in [0.15, 0.2) is 6.07 Å². The maximum atomic E-state index is 15.5. The molecule has 1 aromatic rings. The van der Waals surface area contributed by atoms with Crippen molar-refractivity contribution in [1.82, 2.24) is 10.2 Å². The Morgan fingerprint density at radius 2 is 1.78 bits per heavy atom. The van der Waals surface area contributed by atoms with Gasteiger partial charge in [-0.1, -0.05) is 0 Å². The third-order valence-corrected chi connectivity index (χ3v) is 6.38. The summed E-state index contributed by atoms with van der Waals surface area (Å²) in [6.45, 7) is 6.54. The summed E-state index contributed by atoms with van der Waals surface area (Å²) < 4.78 is 36.0. The van der Waals surface area contributed by atoms with Gasteiger partial charge in [0.15, 0.2) is 0 Å². The zero-order valence-electron chi connectivity index (χ0n) is 18.7. The summed E-state index contributed by atoms with van der Waals surface area (Å²) in [4.78, 5) is 39.3. The Hall–Kier alpha value is -2.71. The Morgan fingerprint density at radius 1 is 1.09 bits per heavy atom.